The van der Waals surface area contributed by atoms with Crippen LogP contribution in [0.3, 0.4) is 0 Å². The highest BCUT2D eigenvalue weighted by molar-refractivity contribution is 5.79. The van der Waals surface area contributed by atoms with Gasteiger partial charge in [-0.25, -0.2) is 4.98 Å². The molecule has 3 rings (SSSR count). The molecule has 0 aliphatic carbocycles. The largest absolute Gasteiger partial charge is 0.493 e. The van der Waals surface area contributed by atoms with E-state index < -0.39 is 0 Å². The number of rotatable bonds is 7. The summed E-state index contributed by atoms with van der Waals surface area (Å²) < 4.78 is 11.9. The number of hydrogen-bond donors (Lipinski definition) is 3. The lowest BCUT2D eigenvalue weighted by Crippen LogP contribution is -2.05. The lowest BCUT2D eigenvalue weighted by Gasteiger charge is -2.18. The first-order valence-corrected chi connectivity index (χ1v) is 9.17. The maximum Gasteiger partial charge on any atom is 0.221 e. The molecule has 146 valence electrons. The Morgan fingerprint density at radius 1 is 0.929 bits per heavy atom. The number of nitrogens with zero attached hydrogens (tertiary/aromatic N) is 2. The molecule has 2 aromatic carbocycles. The fourth-order valence-electron chi connectivity index (χ4n) is 3.05. The summed E-state index contributed by atoms with van der Waals surface area (Å²) in [5.74, 6) is 1.97. The summed E-state index contributed by atoms with van der Waals surface area (Å²) in [6, 6.07) is 11.6. The molecule has 0 bridgehead atoms. The van der Waals surface area contributed by atoms with Crippen LogP contribution in [0.15, 0.2) is 42.6 Å². The highest BCUT2D eigenvalue weighted by atomic mass is 16.5. The number of ether oxygens (including phenoxy) is 2. The van der Waals surface area contributed by atoms with Gasteiger partial charge >= 0.3 is 0 Å². The van der Waals surface area contributed by atoms with Crippen LogP contribution < -0.4 is 26.7 Å². The summed E-state index contributed by atoms with van der Waals surface area (Å²) in [6.45, 7) is 4.94. The van der Waals surface area contributed by atoms with Gasteiger partial charge in [0, 0.05) is 23.9 Å². The van der Waals surface area contributed by atoms with Gasteiger partial charge in [-0.3, -0.25) is 0 Å². The average molecular weight is 379 g/mol. The fraction of sp³-hybridized carbons (Fsp3) is 0.238. The topological polar surface area (TPSA) is 122 Å². The van der Waals surface area contributed by atoms with E-state index >= 15 is 0 Å². The molecule has 0 spiro atoms. The molecule has 0 amide bonds. The van der Waals surface area contributed by atoms with Crippen LogP contribution in [0.4, 0.5) is 17.5 Å². The average Bonchev–Trinajstić information content (AvgIpc) is 2.64. The summed E-state index contributed by atoms with van der Waals surface area (Å²) in [5, 5.41) is 0. The van der Waals surface area contributed by atoms with Crippen molar-refractivity contribution in [1.82, 2.24) is 9.97 Å². The molecule has 1 heterocycles. The van der Waals surface area contributed by atoms with Crippen molar-refractivity contribution in [3.8, 4) is 22.6 Å². The van der Waals surface area contributed by atoms with Crippen molar-refractivity contribution < 1.29 is 9.47 Å². The van der Waals surface area contributed by atoms with Gasteiger partial charge in [0.25, 0.3) is 0 Å². The summed E-state index contributed by atoms with van der Waals surface area (Å²) >= 11 is 0. The summed E-state index contributed by atoms with van der Waals surface area (Å²) in [5.41, 5.74) is 21.8. The Morgan fingerprint density at radius 3 is 2.18 bits per heavy atom. The maximum absolute atomic E-state index is 5.99. The minimum absolute atomic E-state index is 0.156. The van der Waals surface area contributed by atoms with Crippen molar-refractivity contribution in [3.05, 3.63) is 53.7 Å². The zero-order valence-electron chi connectivity index (χ0n) is 16.1. The number of nitrogen functional groups attached to an aromatic ring is 3. The summed E-state index contributed by atoms with van der Waals surface area (Å²) in [4.78, 5) is 8.07. The van der Waals surface area contributed by atoms with Crippen molar-refractivity contribution in [2.45, 2.75) is 20.3 Å². The van der Waals surface area contributed by atoms with Crippen molar-refractivity contribution in [2.24, 2.45) is 0 Å². The van der Waals surface area contributed by atoms with E-state index in [1.807, 2.05) is 50.2 Å². The molecule has 0 radical (unpaired) electrons. The second kappa shape index (κ2) is 8.47. The highest BCUT2D eigenvalue weighted by Gasteiger charge is 2.17. The van der Waals surface area contributed by atoms with Crippen LogP contribution in [0.1, 0.15) is 25.0 Å². The minimum Gasteiger partial charge on any atom is -0.493 e. The van der Waals surface area contributed by atoms with Crippen LogP contribution in [0.5, 0.6) is 11.5 Å². The molecule has 1 aromatic heterocycles. The van der Waals surface area contributed by atoms with E-state index in [0.717, 1.165) is 33.8 Å². The molecule has 28 heavy (non-hydrogen) atoms. The Labute approximate surface area is 164 Å². The van der Waals surface area contributed by atoms with E-state index in [9.17, 15) is 0 Å². The minimum atomic E-state index is 0.156. The zero-order valence-corrected chi connectivity index (χ0v) is 16.1. The van der Waals surface area contributed by atoms with Gasteiger partial charge in [0.1, 0.15) is 17.3 Å². The fourth-order valence-corrected chi connectivity index (χ4v) is 3.05. The van der Waals surface area contributed by atoms with Crippen molar-refractivity contribution in [3.63, 3.8) is 0 Å². The first-order chi connectivity index (χ1) is 13.5. The van der Waals surface area contributed by atoms with Gasteiger partial charge in [-0.15, -0.1) is 0 Å². The first kappa shape index (κ1) is 19.3. The first-order valence-electron chi connectivity index (χ1n) is 9.17. The van der Waals surface area contributed by atoms with E-state index in [1.165, 1.54) is 0 Å². The monoisotopic (exact) mass is 379 g/mol. The van der Waals surface area contributed by atoms with Crippen molar-refractivity contribution in [2.75, 3.05) is 30.4 Å². The van der Waals surface area contributed by atoms with Crippen molar-refractivity contribution >= 4 is 17.5 Å². The Hall–Kier alpha value is -3.48. The predicted octanol–water partition coefficient (Wildman–Crippen LogP) is 3.28. The molecular formula is C21H25N5O2. The third-order valence-electron chi connectivity index (χ3n) is 4.21. The molecule has 6 N–H and O–H groups in total. The van der Waals surface area contributed by atoms with Crippen LogP contribution in [0, 0.1) is 0 Å². The Kier molecular flexibility index (Phi) is 5.84. The van der Waals surface area contributed by atoms with Gasteiger partial charge in [0.05, 0.1) is 18.8 Å². The second-order valence-electron chi connectivity index (χ2n) is 6.27. The molecule has 0 aliphatic heterocycles. The quantitative estimate of drug-likeness (QED) is 0.538. The number of hydrogen-bond acceptors (Lipinski definition) is 7. The van der Waals surface area contributed by atoms with Gasteiger partial charge in [-0.1, -0.05) is 12.1 Å². The number of benzene rings is 2. The van der Waals surface area contributed by atoms with E-state index in [2.05, 4.69) is 9.97 Å². The van der Waals surface area contributed by atoms with Crippen LogP contribution in [0.2, 0.25) is 0 Å². The predicted molar refractivity (Wildman–Crippen MR) is 112 cm³/mol. The van der Waals surface area contributed by atoms with Gasteiger partial charge in [-0.2, -0.15) is 4.98 Å². The number of anilines is 3. The van der Waals surface area contributed by atoms with Crippen LogP contribution in [0.25, 0.3) is 11.1 Å². The van der Waals surface area contributed by atoms with Crippen LogP contribution in [-0.2, 0) is 6.42 Å². The lowest BCUT2D eigenvalue weighted by atomic mass is 9.98. The van der Waals surface area contributed by atoms with Gasteiger partial charge in [0.2, 0.25) is 5.95 Å². The Balaban J connectivity index is 2.10. The van der Waals surface area contributed by atoms with Crippen molar-refractivity contribution in [1.29, 1.82) is 0 Å². The van der Waals surface area contributed by atoms with Gasteiger partial charge < -0.3 is 26.7 Å². The zero-order chi connectivity index (χ0) is 20.1. The molecule has 0 aliphatic rings. The molecule has 0 fully saturated rings. The van der Waals surface area contributed by atoms with E-state index in [4.69, 9.17) is 26.7 Å². The van der Waals surface area contributed by atoms with E-state index in [1.54, 1.807) is 6.20 Å². The third-order valence-corrected chi connectivity index (χ3v) is 4.21. The molecule has 7 heteroatoms. The lowest BCUT2D eigenvalue weighted by molar-refractivity contribution is 0.325. The van der Waals surface area contributed by atoms with E-state index in [-0.39, 0.29) is 5.95 Å². The van der Waals surface area contributed by atoms with E-state index in [0.29, 0.717) is 31.1 Å². The second-order valence-corrected chi connectivity index (χ2v) is 6.27. The molecule has 3 aromatic rings. The SMILES string of the molecule is CCOc1cc(Cc2cnc(N)nc2N)cc(OCC)c1-c1cccc(N)c1. The smallest absolute Gasteiger partial charge is 0.221 e. The molecular weight excluding hydrogens is 354 g/mol. The Bertz CT molecular complexity index is 948. The molecule has 0 unspecified atom stereocenters. The molecule has 0 atom stereocenters. The molecule has 7 nitrogen and oxygen atoms in total. The van der Waals surface area contributed by atoms with Crippen LogP contribution in [-0.4, -0.2) is 23.2 Å². The molecule has 0 saturated heterocycles. The standard InChI is InChI=1S/C21H25N5O2/c1-3-27-17-9-13(8-15-12-25-21(24)26-20(15)23)10-18(28-4-2)19(17)14-6-5-7-16(22)11-14/h5-7,9-12H,3-4,8,22H2,1-2H3,(H4,23,24,25,26). The Morgan fingerprint density at radius 2 is 1.61 bits per heavy atom. The number of aromatic nitrogens is 2. The highest BCUT2D eigenvalue weighted by Crippen LogP contribution is 2.41. The number of nitrogens with two attached hydrogens (primary N) is 3. The molecule has 0 saturated carbocycles. The maximum atomic E-state index is 5.99. The summed E-state index contributed by atoms with van der Waals surface area (Å²) in [7, 11) is 0. The van der Waals surface area contributed by atoms with Gasteiger partial charge in [0.15, 0.2) is 0 Å². The normalized spacial score (nSPS) is 10.6. The van der Waals surface area contributed by atoms with Gasteiger partial charge in [-0.05, 0) is 49.2 Å². The van der Waals surface area contributed by atoms with Crippen LogP contribution >= 0.6 is 0 Å². The third kappa shape index (κ3) is 4.25. The summed E-state index contributed by atoms with van der Waals surface area (Å²) in [6.07, 6.45) is 2.17.